The molecular formula is C23H25NO3. The van der Waals surface area contributed by atoms with Crippen LogP contribution in [0.2, 0.25) is 0 Å². The Balaban J connectivity index is 0.000000596. The second-order valence-electron chi connectivity index (χ2n) is 7.07. The molecule has 0 aromatic heterocycles. The van der Waals surface area contributed by atoms with Crippen LogP contribution in [0.1, 0.15) is 50.8 Å². The first-order chi connectivity index (χ1) is 12.8. The molecule has 1 amide bonds. The molecule has 4 heteroatoms. The van der Waals surface area contributed by atoms with Crippen LogP contribution in [0.3, 0.4) is 0 Å². The van der Waals surface area contributed by atoms with E-state index in [1.165, 1.54) is 0 Å². The van der Waals surface area contributed by atoms with Gasteiger partial charge in [-0.15, -0.1) is 0 Å². The number of nitrogens with zero attached hydrogens (tertiary/aromatic N) is 1. The Labute approximate surface area is 160 Å². The van der Waals surface area contributed by atoms with E-state index in [-0.39, 0.29) is 5.91 Å². The topological polar surface area (TPSA) is 57.6 Å². The second kappa shape index (κ2) is 8.55. The van der Waals surface area contributed by atoms with E-state index in [2.05, 4.69) is 24.8 Å². The maximum atomic E-state index is 13.2. The molecule has 0 saturated heterocycles. The quantitative estimate of drug-likeness (QED) is 0.802. The number of aliphatic carboxylic acids is 1. The first kappa shape index (κ1) is 20.3. The van der Waals surface area contributed by atoms with Crippen molar-refractivity contribution in [2.24, 2.45) is 5.41 Å². The number of carboxylic acids is 1. The molecule has 0 radical (unpaired) electrons. The largest absolute Gasteiger partial charge is 0.481 e. The molecule has 0 atom stereocenters. The van der Waals surface area contributed by atoms with Gasteiger partial charge in [0.2, 0.25) is 5.91 Å². The van der Waals surface area contributed by atoms with Crippen molar-refractivity contribution in [3.05, 3.63) is 65.2 Å². The lowest BCUT2D eigenvalue weighted by Crippen LogP contribution is -2.41. The average Bonchev–Trinajstić information content (AvgIpc) is 2.62. The molecule has 4 nitrogen and oxygen atoms in total. The van der Waals surface area contributed by atoms with Crippen LogP contribution in [-0.2, 0) is 16.1 Å². The molecule has 1 aliphatic rings. The zero-order valence-electron chi connectivity index (χ0n) is 16.2. The Bertz CT molecular complexity index is 899. The van der Waals surface area contributed by atoms with Crippen molar-refractivity contribution in [1.29, 1.82) is 0 Å². The Morgan fingerprint density at radius 2 is 1.56 bits per heavy atom. The predicted octanol–water partition coefficient (Wildman–Crippen LogP) is 4.46. The summed E-state index contributed by atoms with van der Waals surface area (Å²) in [6.07, 6.45) is 0.803. The lowest BCUT2D eigenvalue weighted by atomic mass is 9.87. The van der Waals surface area contributed by atoms with Gasteiger partial charge in [0.05, 0.1) is 12.2 Å². The summed E-state index contributed by atoms with van der Waals surface area (Å²) in [6, 6.07) is 16.0. The summed E-state index contributed by atoms with van der Waals surface area (Å²) in [5, 5.41) is 7.42. The summed E-state index contributed by atoms with van der Waals surface area (Å²) in [7, 11) is 0. The van der Waals surface area contributed by atoms with Crippen molar-refractivity contribution >= 4 is 17.6 Å². The molecule has 2 aromatic carbocycles. The zero-order chi connectivity index (χ0) is 20.0. The molecule has 0 aliphatic carbocycles. The SMILES string of the molecule is CC(=O)O.CCC(C)(C)C(=O)N1Cc2ccccc2C#Cc2ccccc21. The van der Waals surface area contributed by atoms with E-state index in [0.29, 0.717) is 6.54 Å². The van der Waals surface area contributed by atoms with E-state index in [9.17, 15) is 4.79 Å². The number of para-hydroxylation sites is 1. The normalized spacial score (nSPS) is 12.1. The first-order valence-corrected chi connectivity index (χ1v) is 8.96. The van der Waals surface area contributed by atoms with Gasteiger partial charge in [0.1, 0.15) is 0 Å². The molecule has 1 aliphatic heterocycles. The number of carboxylic acid groups (broad SMARTS) is 1. The lowest BCUT2D eigenvalue weighted by Gasteiger charge is -2.33. The van der Waals surface area contributed by atoms with Crippen LogP contribution < -0.4 is 4.90 Å². The fraction of sp³-hybridized carbons (Fsp3) is 0.304. The standard InChI is InChI=1S/C21H21NO.C2H4O2/c1-4-21(2,3)20(23)22-15-18-11-6-5-9-16(18)13-14-17-10-7-8-12-19(17)22;1-2(3)4/h5-12H,4,15H2,1-3H3;1H3,(H,3,4). The molecule has 1 N–H and O–H groups in total. The van der Waals surface area contributed by atoms with Gasteiger partial charge >= 0.3 is 0 Å². The highest BCUT2D eigenvalue weighted by Crippen LogP contribution is 2.31. The molecule has 2 aromatic rings. The Kier molecular flexibility index (Phi) is 6.41. The van der Waals surface area contributed by atoms with Gasteiger partial charge in [-0.05, 0) is 30.2 Å². The van der Waals surface area contributed by atoms with Crippen molar-refractivity contribution in [1.82, 2.24) is 0 Å². The van der Waals surface area contributed by atoms with E-state index in [1.54, 1.807) is 0 Å². The minimum Gasteiger partial charge on any atom is -0.481 e. The molecule has 1 heterocycles. The molecule has 0 bridgehead atoms. The fourth-order valence-corrected chi connectivity index (χ4v) is 2.68. The highest BCUT2D eigenvalue weighted by atomic mass is 16.4. The summed E-state index contributed by atoms with van der Waals surface area (Å²) in [6.45, 7) is 7.72. The van der Waals surface area contributed by atoms with E-state index < -0.39 is 11.4 Å². The van der Waals surface area contributed by atoms with Crippen LogP contribution in [0.4, 0.5) is 5.69 Å². The van der Waals surface area contributed by atoms with E-state index >= 15 is 0 Å². The second-order valence-corrected chi connectivity index (χ2v) is 7.07. The minimum atomic E-state index is -0.833. The maximum absolute atomic E-state index is 13.2. The monoisotopic (exact) mass is 363 g/mol. The van der Waals surface area contributed by atoms with Crippen LogP contribution >= 0.6 is 0 Å². The van der Waals surface area contributed by atoms with Gasteiger partial charge < -0.3 is 10.0 Å². The summed E-state index contributed by atoms with van der Waals surface area (Å²) in [5.41, 5.74) is 3.50. The van der Waals surface area contributed by atoms with Gasteiger partial charge in [0.25, 0.3) is 5.97 Å². The Morgan fingerprint density at radius 3 is 2.19 bits per heavy atom. The first-order valence-electron chi connectivity index (χ1n) is 8.96. The van der Waals surface area contributed by atoms with Gasteiger partial charge in [-0.25, -0.2) is 0 Å². The number of rotatable bonds is 2. The lowest BCUT2D eigenvalue weighted by molar-refractivity contribution is -0.134. The summed E-state index contributed by atoms with van der Waals surface area (Å²) >= 11 is 0. The third-order valence-electron chi connectivity index (χ3n) is 4.58. The maximum Gasteiger partial charge on any atom is 0.300 e. The predicted molar refractivity (Wildman–Crippen MR) is 107 cm³/mol. The molecule has 0 unspecified atom stereocenters. The van der Waals surface area contributed by atoms with Gasteiger partial charge in [0, 0.05) is 23.5 Å². The van der Waals surface area contributed by atoms with Crippen molar-refractivity contribution in [2.45, 2.75) is 40.7 Å². The number of hydrogen-bond acceptors (Lipinski definition) is 2. The average molecular weight is 363 g/mol. The van der Waals surface area contributed by atoms with Crippen LogP contribution in [-0.4, -0.2) is 17.0 Å². The molecule has 0 spiro atoms. The summed E-state index contributed by atoms with van der Waals surface area (Å²) in [4.78, 5) is 24.1. The zero-order valence-corrected chi connectivity index (χ0v) is 16.2. The van der Waals surface area contributed by atoms with Crippen molar-refractivity contribution < 1.29 is 14.7 Å². The van der Waals surface area contributed by atoms with Crippen LogP contribution in [0.15, 0.2) is 48.5 Å². The molecule has 140 valence electrons. The van der Waals surface area contributed by atoms with Crippen LogP contribution in [0, 0.1) is 17.3 Å². The molecular weight excluding hydrogens is 338 g/mol. The third kappa shape index (κ3) is 4.98. The van der Waals surface area contributed by atoms with Gasteiger partial charge in [-0.3, -0.25) is 9.59 Å². The van der Waals surface area contributed by atoms with Crippen molar-refractivity contribution in [3.8, 4) is 11.8 Å². The molecule has 0 fully saturated rings. The Hall–Kier alpha value is -3.06. The number of benzene rings is 2. The highest BCUT2D eigenvalue weighted by molar-refractivity contribution is 5.98. The van der Waals surface area contributed by atoms with E-state index in [4.69, 9.17) is 9.90 Å². The molecule has 0 saturated carbocycles. The third-order valence-corrected chi connectivity index (χ3v) is 4.58. The number of anilines is 1. The van der Waals surface area contributed by atoms with Gasteiger partial charge in [-0.1, -0.05) is 62.9 Å². The summed E-state index contributed by atoms with van der Waals surface area (Å²) in [5.74, 6) is 5.79. The van der Waals surface area contributed by atoms with Crippen LogP contribution in [0.25, 0.3) is 0 Å². The van der Waals surface area contributed by atoms with Crippen LogP contribution in [0.5, 0.6) is 0 Å². The molecule has 3 rings (SSSR count). The number of hydrogen-bond donors (Lipinski definition) is 1. The Morgan fingerprint density at radius 1 is 1.04 bits per heavy atom. The number of carbonyl (C=O) groups is 2. The van der Waals surface area contributed by atoms with E-state index in [1.807, 2.05) is 61.2 Å². The number of carbonyl (C=O) groups excluding carboxylic acids is 1. The number of fused-ring (bicyclic) bond motifs is 2. The fourth-order valence-electron chi connectivity index (χ4n) is 2.68. The van der Waals surface area contributed by atoms with Crippen molar-refractivity contribution in [2.75, 3.05) is 4.90 Å². The summed E-state index contributed by atoms with van der Waals surface area (Å²) < 4.78 is 0. The highest BCUT2D eigenvalue weighted by Gasteiger charge is 2.32. The van der Waals surface area contributed by atoms with Crippen molar-refractivity contribution in [3.63, 3.8) is 0 Å². The smallest absolute Gasteiger partial charge is 0.300 e. The molecule has 27 heavy (non-hydrogen) atoms. The van der Waals surface area contributed by atoms with Gasteiger partial charge in [0.15, 0.2) is 0 Å². The number of amides is 1. The van der Waals surface area contributed by atoms with E-state index in [0.717, 1.165) is 35.7 Å². The van der Waals surface area contributed by atoms with Gasteiger partial charge in [-0.2, -0.15) is 0 Å². The minimum absolute atomic E-state index is 0.144.